The summed E-state index contributed by atoms with van der Waals surface area (Å²) in [7, 11) is -0.391. The third kappa shape index (κ3) is 3.69. The second-order valence-electron chi connectivity index (χ2n) is 9.82. The minimum atomic E-state index is -0.465. The van der Waals surface area contributed by atoms with Gasteiger partial charge in [0.25, 0.3) is 0 Å². The Balaban J connectivity index is 1.43. The second-order valence-corrected chi connectivity index (χ2v) is 9.82. The van der Waals surface area contributed by atoms with Crippen LogP contribution in [-0.4, -0.2) is 52.7 Å². The Morgan fingerprint density at radius 1 is 1.10 bits per heavy atom. The van der Waals surface area contributed by atoms with E-state index in [-0.39, 0.29) is 29.4 Å². The van der Waals surface area contributed by atoms with Gasteiger partial charge in [0.05, 0.1) is 23.3 Å². The molecule has 1 spiro atoms. The van der Waals surface area contributed by atoms with Gasteiger partial charge in [0.1, 0.15) is 5.60 Å². The van der Waals surface area contributed by atoms with Crippen LogP contribution >= 0.6 is 0 Å². The van der Waals surface area contributed by atoms with E-state index >= 15 is 0 Å². The first kappa shape index (κ1) is 20.7. The summed E-state index contributed by atoms with van der Waals surface area (Å²) >= 11 is 0. The van der Waals surface area contributed by atoms with Gasteiger partial charge in [0, 0.05) is 19.4 Å². The molecule has 0 aromatic heterocycles. The summed E-state index contributed by atoms with van der Waals surface area (Å²) in [6, 6.07) is 8.00. The number of benzene rings is 1. The lowest BCUT2D eigenvalue weighted by molar-refractivity contribution is -0.0572. The maximum atomic E-state index is 12.7. The molecule has 29 heavy (non-hydrogen) atoms. The maximum absolute atomic E-state index is 12.7. The third-order valence-corrected chi connectivity index (χ3v) is 7.30. The van der Waals surface area contributed by atoms with Crippen molar-refractivity contribution < 1.29 is 23.9 Å². The number of nitrogens with zero attached hydrogens (tertiary/aromatic N) is 1. The number of amides is 1. The van der Waals surface area contributed by atoms with Gasteiger partial charge < -0.3 is 24.1 Å². The number of rotatable bonds is 3. The summed E-state index contributed by atoms with van der Waals surface area (Å²) in [6.45, 7) is 10.8. The number of carbonyl (C=O) groups excluding carboxylic acids is 1. The van der Waals surface area contributed by atoms with Crippen molar-refractivity contribution in [2.45, 2.75) is 89.3 Å². The SMILES string of the molecule is C[C@@H](c1ccc(B2OC(C)(C)C(C)(C)O2)cc1)N1CC[C@]2(CC[C@H](O)C2)OC1=O. The Hall–Kier alpha value is -1.57. The fraction of sp³-hybridized carbons (Fsp3) is 0.682. The summed E-state index contributed by atoms with van der Waals surface area (Å²) in [5.41, 5.74) is 0.813. The summed E-state index contributed by atoms with van der Waals surface area (Å²) in [4.78, 5) is 14.5. The van der Waals surface area contributed by atoms with Gasteiger partial charge in [-0.1, -0.05) is 24.3 Å². The molecule has 1 aromatic carbocycles. The molecule has 3 aliphatic rings. The van der Waals surface area contributed by atoms with E-state index in [4.69, 9.17) is 14.0 Å². The molecule has 2 heterocycles. The van der Waals surface area contributed by atoms with Gasteiger partial charge in [-0.2, -0.15) is 0 Å². The normalized spacial score (nSPS) is 31.9. The average Bonchev–Trinajstić information content (AvgIpc) is 3.10. The van der Waals surface area contributed by atoms with E-state index < -0.39 is 12.7 Å². The molecule has 0 radical (unpaired) electrons. The maximum Gasteiger partial charge on any atom is 0.494 e. The Morgan fingerprint density at radius 3 is 2.24 bits per heavy atom. The molecule has 1 N–H and O–H groups in total. The van der Waals surface area contributed by atoms with Gasteiger partial charge in [0.15, 0.2) is 0 Å². The molecule has 2 aliphatic heterocycles. The van der Waals surface area contributed by atoms with Crippen molar-refractivity contribution in [1.82, 2.24) is 4.90 Å². The first-order valence-electron chi connectivity index (χ1n) is 10.7. The molecule has 2 saturated heterocycles. The monoisotopic (exact) mass is 401 g/mol. The molecule has 0 unspecified atom stereocenters. The fourth-order valence-electron chi connectivity index (χ4n) is 4.54. The molecule has 3 atom stereocenters. The Bertz CT molecular complexity index is 764. The van der Waals surface area contributed by atoms with Crippen LogP contribution in [0, 0.1) is 0 Å². The highest BCUT2D eigenvalue weighted by atomic mass is 16.7. The van der Waals surface area contributed by atoms with Crippen molar-refractivity contribution in [3.8, 4) is 0 Å². The van der Waals surface area contributed by atoms with Crippen LogP contribution < -0.4 is 5.46 Å². The van der Waals surface area contributed by atoms with Crippen LogP contribution in [0.1, 0.15) is 71.9 Å². The van der Waals surface area contributed by atoms with E-state index in [2.05, 4.69) is 0 Å². The summed E-state index contributed by atoms with van der Waals surface area (Å²) in [5.74, 6) is 0. The molecule has 0 bridgehead atoms. The highest BCUT2D eigenvalue weighted by molar-refractivity contribution is 6.62. The molecular formula is C22H32BNO5. The van der Waals surface area contributed by atoms with Crippen LogP contribution in [0.3, 0.4) is 0 Å². The number of aliphatic hydroxyl groups excluding tert-OH is 1. The first-order valence-corrected chi connectivity index (χ1v) is 10.7. The van der Waals surface area contributed by atoms with Crippen molar-refractivity contribution in [1.29, 1.82) is 0 Å². The molecular weight excluding hydrogens is 369 g/mol. The van der Waals surface area contributed by atoms with Crippen LogP contribution in [0.15, 0.2) is 24.3 Å². The molecule has 1 aromatic rings. The van der Waals surface area contributed by atoms with Gasteiger partial charge >= 0.3 is 13.2 Å². The van der Waals surface area contributed by atoms with Crippen LogP contribution in [-0.2, 0) is 14.0 Å². The lowest BCUT2D eigenvalue weighted by Crippen LogP contribution is -2.49. The highest BCUT2D eigenvalue weighted by Crippen LogP contribution is 2.41. The number of aliphatic hydroxyl groups is 1. The predicted octanol–water partition coefficient (Wildman–Crippen LogP) is 3.17. The number of carbonyl (C=O) groups is 1. The van der Waals surface area contributed by atoms with E-state index in [1.165, 1.54) is 0 Å². The standard InChI is InChI=1S/C22H32BNO5/c1-15(24-13-12-22(27-19(24)26)11-10-18(25)14-22)16-6-8-17(9-7-16)23-28-20(2,3)21(4,5)29-23/h6-9,15,18,25H,10-14H2,1-5H3/t15-,18-,22-/m0/s1. The number of hydrogen-bond donors (Lipinski definition) is 1. The zero-order chi connectivity index (χ0) is 21.0. The minimum absolute atomic E-state index is 0.0847. The Kier molecular flexibility index (Phi) is 4.99. The third-order valence-electron chi connectivity index (χ3n) is 7.30. The van der Waals surface area contributed by atoms with Gasteiger partial charge in [-0.05, 0) is 58.5 Å². The average molecular weight is 401 g/mol. The van der Waals surface area contributed by atoms with Crippen molar-refractivity contribution >= 4 is 18.7 Å². The van der Waals surface area contributed by atoms with Crippen LogP contribution in [0.4, 0.5) is 4.79 Å². The van der Waals surface area contributed by atoms with Gasteiger partial charge in [-0.25, -0.2) is 4.79 Å². The Morgan fingerprint density at radius 2 is 1.72 bits per heavy atom. The fourth-order valence-corrected chi connectivity index (χ4v) is 4.54. The second kappa shape index (κ2) is 7.00. The van der Waals surface area contributed by atoms with Gasteiger partial charge in [0.2, 0.25) is 0 Å². The van der Waals surface area contributed by atoms with Crippen LogP contribution in [0.25, 0.3) is 0 Å². The molecule has 158 valence electrons. The molecule has 1 aliphatic carbocycles. The number of hydrogen-bond acceptors (Lipinski definition) is 5. The van der Waals surface area contributed by atoms with E-state index in [1.807, 2.05) is 58.9 Å². The summed E-state index contributed by atoms with van der Waals surface area (Å²) < 4.78 is 18.0. The van der Waals surface area contributed by atoms with Crippen molar-refractivity contribution in [3.63, 3.8) is 0 Å². The quantitative estimate of drug-likeness (QED) is 0.789. The summed E-state index contributed by atoms with van der Waals surface area (Å²) in [6.07, 6.45) is 2.16. The lowest BCUT2D eigenvalue weighted by Gasteiger charge is -2.41. The molecule has 1 saturated carbocycles. The Labute approximate surface area is 173 Å². The molecule has 4 rings (SSSR count). The lowest BCUT2D eigenvalue weighted by atomic mass is 9.78. The predicted molar refractivity (Wildman–Crippen MR) is 111 cm³/mol. The number of ether oxygens (including phenoxy) is 1. The van der Waals surface area contributed by atoms with Crippen LogP contribution in [0.2, 0.25) is 0 Å². The molecule has 3 fully saturated rings. The molecule has 6 nitrogen and oxygen atoms in total. The first-order chi connectivity index (χ1) is 13.5. The molecule has 7 heteroatoms. The van der Waals surface area contributed by atoms with E-state index in [1.54, 1.807) is 4.90 Å². The summed E-state index contributed by atoms with van der Waals surface area (Å²) in [5, 5.41) is 9.84. The topological polar surface area (TPSA) is 68.2 Å². The largest absolute Gasteiger partial charge is 0.494 e. The van der Waals surface area contributed by atoms with Gasteiger partial charge in [-0.3, -0.25) is 0 Å². The van der Waals surface area contributed by atoms with E-state index in [0.29, 0.717) is 19.4 Å². The van der Waals surface area contributed by atoms with E-state index in [0.717, 1.165) is 23.9 Å². The highest BCUT2D eigenvalue weighted by Gasteiger charge is 2.52. The van der Waals surface area contributed by atoms with Gasteiger partial charge in [-0.15, -0.1) is 0 Å². The van der Waals surface area contributed by atoms with Crippen molar-refractivity contribution in [3.05, 3.63) is 29.8 Å². The zero-order valence-corrected chi connectivity index (χ0v) is 18.1. The van der Waals surface area contributed by atoms with E-state index in [9.17, 15) is 9.90 Å². The minimum Gasteiger partial charge on any atom is -0.443 e. The van der Waals surface area contributed by atoms with Crippen LogP contribution in [0.5, 0.6) is 0 Å². The molecule has 1 amide bonds. The van der Waals surface area contributed by atoms with Crippen molar-refractivity contribution in [2.75, 3.05) is 6.54 Å². The zero-order valence-electron chi connectivity index (χ0n) is 18.1. The smallest absolute Gasteiger partial charge is 0.443 e. The van der Waals surface area contributed by atoms with Crippen molar-refractivity contribution in [2.24, 2.45) is 0 Å².